The van der Waals surface area contributed by atoms with Crippen LogP contribution < -0.4 is 5.32 Å². The number of aromatic amines is 1. The van der Waals surface area contributed by atoms with Crippen molar-refractivity contribution in [3.05, 3.63) is 11.4 Å². The lowest BCUT2D eigenvalue weighted by molar-refractivity contribution is 0.0913. The zero-order chi connectivity index (χ0) is 14.9. The molecule has 1 aromatic rings. The van der Waals surface area contributed by atoms with Crippen LogP contribution in [0.3, 0.4) is 0 Å². The first-order valence-corrected chi connectivity index (χ1v) is 8.90. The predicted octanol–water partition coefficient (Wildman–Crippen LogP) is 1.95. The molecule has 2 N–H and O–H groups in total. The Bertz CT molecular complexity index is 611. The van der Waals surface area contributed by atoms with Crippen molar-refractivity contribution in [2.24, 2.45) is 5.92 Å². The van der Waals surface area contributed by atoms with E-state index in [9.17, 15) is 13.2 Å². The number of H-pyrrole nitrogens is 1. The maximum atomic E-state index is 12.2. The van der Waals surface area contributed by atoms with Crippen LogP contribution in [0.2, 0.25) is 0 Å². The number of hydrogen-bond donors (Lipinski definition) is 2. The van der Waals surface area contributed by atoms with Crippen molar-refractivity contribution in [1.29, 1.82) is 0 Å². The van der Waals surface area contributed by atoms with E-state index < -0.39 is 15.0 Å². The first-order valence-electron chi connectivity index (χ1n) is 6.59. The van der Waals surface area contributed by atoms with Crippen LogP contribution in [0.4, 0.5) is 0 Å². The number of rotatable bonds is 3. The summed E-state index contributed by atoms with van der Waals surface area (Å²) < 4.78 is 23.0. The van der Waals surface area contributed by atoms with Gasteiger partial charge in [-0.2, -0.15) is 5.10 Å². The number of nitrogens with one attached hydrogen (secondary N) is 2. The molecule has 0 spiro atoms. The van der Waals surface area contributed by atoms with Crippen molar-refractivity contribution < 1.29 is 13.2 Å². The highest BCUT2D eigenvalue weighted by molar-refractivity contribution is 8.13. The number of halogens is 1. The molecule has 0 bridgehead atoms. The molecule has 0 radical (unpaired) electrons. The number of carbonyl (C=O) groups excluding carboxylic acids is 1. The third-order valence-corrected chi connectivity index (χ3v) is 5.07. The third kappa shape index (κ3) is 3.32. The quantitative estimate of drug-likeness (QED) is 0.833. The first kappa shape index (κ1) is 15.3. The summed E-state index contributed by atoms with van der Waals surface area (Å²) in [5.74, 6) is 0.0684. The van der Waals surface area contributed by atoms with Gasteiger partial charge in [0, 0.05) is 16.7 Å². The van der Waals surface area contributed by atoms with Crippen LogP contribution in [0.5, 0.6) is 0 Å². The first-order chi connectivity index (χ1) is 9.29. The number of carbonyl (C=O) groups is 1. The minimum atomic E-state index is -4.00. The normalized spacial score (nSPS) is 23.6. The number of nitrogens with zero attached hydrogens (tertiary/aromatic N) is 1. The van der Waals surface area contributed by atoms with Crippen LogP contribution in [-0.2, 0) is 9.05 Å². The van der Waals surface area contributed by atoms with Crippen LogP contribution in [0.25, 0.3) is 0 Å². The Kier molecular flexibility index (Phi) is 4.39. The molecule has 2 atom stereocenters. The van der Waals surface area contributed by atoms with Gasteiger partial charge >= 0.3 is 0 Å². The maximum absolute atomic E-state index is 12.2. The van der Waals surface area contributed by atoms with E-state index in [1.807, 2.05) is 0 Å². The van der Waals surface area contributed by atoms with E-state index in [2.05, 4.69) is 22.4 Å². The summed E-state index contributed by atoms with van der Waals surface area (Å²) in [7, 11) is 1.35. The maximum Gasteiger partial charge on any atom is 0.273 e. The summed E-state index contributed by atoms with van der Waals surface area (Å²) in [6, 6.07) is 0.0640. The lowest BCUT2D eigenvalue weighted by atomic mass is 9.87. The Labute approximate surface area is 122 Å². The second-order valence-corrected chi connectivity index (χ2v) is 7.91. The zero-order valence-electron chi connectivity index (χ0n) is 11.4. The molecular formula is C12H18ClN3O3S. The summed E-state index contributed by atoms with van der Waals surface area (Å²) in [6.07, 6.45) is 4.03. The lowest BCUT2D eigenvalue weighted by Gasteiger charge is -2.27. The molecule has 0 saturated heterocycles. The van der Waals surface area contributed by atoms with Crippen molar-refractivity contribution in [3.63, 3.8) is 0 Å². The van der Waals surface area contributed by atoms with Gasteiger partial charge in [0.1, 0.15) is 4.90 Å². The molecule has 20 heavy (non-hydrogen) atoms. The van der Waals surface area contributed by atoms with Gasteiger partial charge in [-0.15, -0.1) is 0 Å². The monoisotopic (exact) mass is 319 g/mol. The number of amides is 1. The largest absolute Gasteiger partial charge is 0.348 e. The molecule has 1 saturated carbocycles. The topological polar surface area (TPSA) is 91.9 Å². The third-order valence-electron chi connectivity index (χ3n) is 3.62. The van der Waals surface area contributed by atoms with E-state index in [-0.39, 0.29) is 22.3 Å². The molecule has 0 aliphatic heterocycles. The van der Waals surface area contributed by atoms with E-state index in [0.29, 0.717) is 5.92 Å². The second kappa shape index (κ2) is 5.73. The fraction of sp³-hybridized carbons (Fsp3) is 0.667. The van der Waals surface area contributed by atoms with Crippen molar-refractivity contribution in [3.8, 4) is 0 Å². The van der Waals surface area contributed by atoms with Crippen molar-refractivity contribution in [1.82, 2.24) is 15.5 Å². The highest BCUT2D eigenvalue weighted by atomic mass is 35.7. The average Bonchev–Trinajstić information content (AvgIpc) is 2.71. The van der Waals surface area contributed by atoms with Gasteiger partial charge in [-0.25, -0.2) is 8.42 Å². The second-order valence-electron chi connectivity index (χ2n) is 5.41. The summed E-state index contributed by atoms with van der Waals surface area (Å²) >= 11 is 0. The summed E-state index contributed by atoms with van der Waals surface area (Å²) in [5, 5.41) is 9.11. The van der Waals surface area contributed by atoms with Crippen LogP contribution in [-0.4, -0.2) is 30.6 Å². The fourth-order valence-corrected chi connectivity index (χ4v) is 4.04. The Morgan fingerprint density at radius 3 is 2.75 bits per heavy atom. The van der Waals surface area contributed by atoms with Crippen LogP contribution in [0.1, 0.15) is 48.8 Å². The molecule has 1 amide bonds. The smallest absolute Gasteiger partial charge is 0.273 e. The van der Waals surface area contributed by atoms with Crippen molar-refractivity contribution >= 4 is 25.6 Å². The minimum Gasteiger partial charge on any atom is -0.348 e. The highest BCUT2D eigenvalue weighted by Crippen LogP contribution is 2.25. The number of aryl methyl sites for hydroxylation is 1. The van der Waals surface area contributed by atoms with Gasteiger partial charge in [0.05, 0.1) is 5.69 Å². The number of aromatic nitrogens is 2. The Balaban J connectivity index is 2.18. The van der Waals surface area contributed by atoms with Gasteiger partial charge < -0.3 is 5.32 Å². The zero-order valence-corrected chi connectivity index (χ0v) is 13.0. The highest BCUT2D eigenvalue weighted by Gasteiger charge is 2.29. The lowest BCUT2D eigenvalue weighted by Crippen LogP contribution is -2.38. The molecule has 1 heterocycles. The van der Waals surface area contributed by atoms with Crippen molar-refractivity contribution in [2.45, 2.75) is 50.5 Å². The van der Waals surface area contributed by atoms with E-state index >= 15 is 0 Å². The molecule has 112 valence electrons. The Hall–Kier alpha value is -1.08. The molecule has 1 fully saturated rings. The van der Waals surface area contributed by atoms with Crippen LogP contribution >= 0.6 is 10.7 Å². The van der Waals surface area contributed by atoms with E-state index in [0.717, 1.165) is 25.7 Å². The molecule has 8 heteroatoms. The molecular weight excluding hydrogens is 302 g/mol. The Morgan fingerprint density at radius 1 is 1.45 bits per heavy atom. The van der Waals surface area contributed by atoms with E-state index in [1.165, 1.54) is 6.92 Å². The van der Waals surface area contributed by atoms with Gasteiger partial charge in [-0.1, -0.05) is 19.8 Å². The van der Waals surface area contributed by atoms with E-state index in [1.54, 1.807) is 0 Å². The van der Waals surface area contributed by atoms with Crippen LogP contribution in [0.15, 0.2) is 4.90 Å². The standard InChI is InChI=1S/C12H18ClN3O3S/c1-7-4-3-5-9(6-7)14-12(17)10-11(20(13,18)19)8(2)15-16-10/h7,9H,3-6H2,1-2H3,(H,14,17)(H,15,16). The molecule has 2 rings (SSSR count). The van der Waals surface area contributed by atoms with Gasteiger partial charge in [0.2, 0.25) is 0 Å². The van der Waals surface area contributed by atoms with Crippen molar-refractivity contribution in [2.75, 3.05) is 0 Å². The Morgan fingerprint density at radius 2 is 2.15 bits per heavy atom. The SMILES string of the molecule is Cc1[nH]nc(C(=O)NC2CCCC(C)C2)c1S(=O)(=O)Cl. The molecule has 1 aliphatic rings. The fourth-order valence-electron chi connectivity index (χ4n) is 2.69. The molecule has 1 aliphatic carbocycles. The number of hydrogen-bond acceptors (Lipinski definition) is 4. The predicted molar refractivity (Wildman–Crippen MR) is 75.2 cm³/mol. The van der Waals surface area contributed by atoms with Gasteiger partial charge in [-0.05, 0) is 25.7 Å². The summed E-state index contributed by atoms with van der Waals surface area (Å²) in [4.78, 5) is 11.9. The van der Waals surface area contributed by atoms with Gasteiger partial charge in [0.25, 0.3) is 15.0 Å². The van der Waals surface area contributed by atoms with Gasteiger partial charge in [0.15, 0.2) is 5.69 Å². The minimum absolute atomic E-state index is 0.0640. The summed E-state index contributed by atoms with van der Waals surface area (Å²) in [5.41, 5.74) is 0.109. The molecule has 0 aromatic carbocycles. The van der Waals surface area contributed by atoms with Gasteiger partial charge in [-0.3, -0.25) is 9.89 Å². The molecule has 6 nitrogen and oxygen atoms in total. The van der Waals surface area contributed by atoms with Crippen LogP contribution in [0, 0.1) is 12.8 Å². The molecule has 2 unspecified atom stereocenters. The summed E-state index contributed by atoms with van der Waals surface area (Å²) in [6.45, 7) is 3.66. The van der Waals surface area contributed by atoms with E-state index in [4.69, 9.17) is 10.7 Å². The average molecular weight is 320 g/mol. The molecule has 1 aromatic heterocycles.